The highest BCUT2D eigenvalue weighted by Gasteiger charge is 2.14. The normalized spacial score (nSPS) is 9.87. The number of benzene rings is 1. The van der Waals surface area contributed by atoms with Gasteiger partial charge in [-0.15, -0.1) is 0 Å². The molecule has 0 radical (unpaired) electrons. The first-order valence-corrected chi connectivity index (χ1v) is 4.52. The van der Waals surface area contributed by atoms with Crippen LogP contribution in [0.2, 0.25) is 0 Å². The summed E-state index contributed by atoms with van der Waals surface area (Å²) in [5.41, 5.74) is 7.70. The summed E-state index contributed by atoms with van der Waals surface area (Å²) in [6, 6.07) is 11.6. The Morgan fingerprint density at radius 1 is 1.33 bits per heavy atom. The number of nitriles is 1. The highest BCUT2D eigenvalue weighted by molar-refractivity contribution is 5.72. The summed E-state index contributed by atoms with van der Waals surface area (Å²) < 4.78 is 1.51. The maximum atomic E-state index is 8.99. The summed E-state index contributed by atoms with van der Waals surface area (Å²) >= 11 is 0. The Labute approximate surface area is 87.6 Å². The molecule has 0 spiro atoms. The zero-order valence-corrected chi connectivity index (χ0v) is 8.31. The largest absolute Gasteiger partial charge is 0.383 e. The number of hydrogen-bond donors (Lipinski definition) is 1. The van der Waals surface area contributed by atoms with Crippen molar-refractivity contribution in [2.75, 3.05) is 5.73 Å². The molecule has 0 fully saturated rings. The molecule has 15 heavy (non-hydrogen) atoms. The van der Waals surface area contributed by atoms with E-state index < -0.39 is 0 Å². The van der Waals surface area contributed by atoms with Gasteiger partial charge in [0.25, 0.3) is 0 Å². The van der Waals surface area contributed by atoms with Crippen LogP contribution in [0.1, 0.15) is 5.56 Å². The highest BCUT2D eigenvalue weighted by Crippen LogP contribution is 2.25. The first-order chi connectivity index (χ1) is 7.24. The van der Waals surface area contributed by atoms with Crippen LogP contribution in [0.5, 0.6) is 0 Å². The van der Waals surface area contributed by atoms with Gasteiger partial charge < -0.3 is 5.73 Å². The molecule has 0 saturated heterocycles. The molecule has 0 atom stereocenters. The van der Waals surface area contributed by atoms with Gasteiger partial charge in [0.1, 0.15) is 23.1 Å². The zero-order valence-electron chi connectivity index (χ0n) is 8.31. The number of rotatable bonds is 1. The van der Waals surface area contributed by atoms with E-state index in [2.05, 4.69) is 11.2 Å². The molecule has 1 heterocycles. The lowest BCUT2D eigenvalue weighted by Crippen LogP contribution is -1.97. The van der Waals surface area contributed by atoms with Gasteiger partial charge in [-0.25, -0.2) is 0 Å². The van der Waals surface area contributed by atoms with Gasteiger partial charge in [0.05, 0.1) is 0 Å². The van der Waals surface area contributed by atoms with Crippen molar-refractivity contribution >= 4 is 5.82 Å². The molecule has 0 aliphatic heterocycles. The molecule has 0 bridgehead atoms. The summed E-state index contributed by atoms with van der Waals surface area (Å²) in [6.45, 7) is 0. The third-order valence-corrected chi connectivity index (χ3v) is 2.25. The van der Waals surface area contributed by atoms with Crippen molar-refractivity contribution in [2.45, 2.75) is 0 Å². The van der Waals surface area contributed by atoms with E-state index in [1.165, 1.54) is 4.68 Å². The average Bonchev–Trinajstić information content (AvgIpc) is 2.56. The fraction of sp³-hybridized carbons (Fsp3) is 0.0909. The number of aryl methyl sites for hydroxylation is 1. The Hall–Kier alpha value is -2.28. The zero-order chi connectivity index (χ0) is 10.8. The monoisotopic (exact) mass is 198 g/mol. The van der Waals surface area contributed by atoms with Gasteiger partial charge in [-0.2, -0.15) is 10.4 Å². The number of aromatic nitrogens is 2. The number of nitrogens with zero attached hydrogens (tertiary/aromatic N) is 3. The van der Waals surface area contributed by atoms with Crippen molar-refractivity contribution in [2.24, 2.45) is 7.05 Å². The van der Waals surface area contributed by atoms with Crippen LogP contribution in [0.15, 0.2) is 30.3 Å². The molecule has 1 aromatic heterocycles. The highest BCUT2D eigenvalue weighted by atomic mass is 15.3. The van der Waals surface area contributed by atoms with E-state index in [0.29, 0.717) is 17.1 Å². The number of hydrogen-bond acceptors (Lipinski definition) is 3. The molecule has 74 valence electrons. The average molecular weight is 198 g/mol. The van der Waals surface area contributed by atoms with Gasteiger partial charge in [-0.05, 0) is 0 Å². The molecule has 4 heteroatoms. The van der Waals surface area contributed by atoms with E-state index in [9.17, 15) is 0 Å². The Bertz CT molecular complexity index is 520. The van der Waals surface area contributed by atoms with Crippen molar-refractivity contribution in [1.82, 2.24) is 9.78 Å². The molecular weight excluding hydrogens is 188 g/mol. The minimum Gasteiger partial charge on any atom is -0.383 e. The summed E-state index contributed by atoms with van der Waals surface area (Å²) in [7, 11) is 1.72. The number of anilines is 1. The summed E-state index contributed by atoms with van der Waals surface area (Å²) in [5.74, 6) is 0.399. The van der Waals surface area contributed by atoms with Crippen LogP contribution in [-0.2, 0) is 7.05 Å². The van der Waals surface area contributed by atoms with Crippen LogP contribution < -0.4 is 5.73 Å². The molecule has 0 aliphatic rings. The second-order valence-corrected chi connectivity index (χ2v) is 3.21. The Morgan fingerprint density at radius 3 is 2.60 bits per heavy atom. The minimum atomic E-state index is 0.399. The van der Waals surface area contributed by atoms with Crippen molar-refractivity contribution in [3.8, 4) is 17.3 Å². The first-order valence-electron chi connectivity index (χ1n) is 4.52. The van der Waals surface area contributed by atoms with E-state index in [1.54, 1.807) is 7.05 Å². The predicted molar refractivity (Wildman–Crippen MR) is 57.8 cm³/mol. The van der Waals surface area contributed by atoms with E-state index in [0.717, 1.165) is 5.56 Å². The SMILES string of the molecule is Cn1nc(-c2ccccc2)c(C#N)c1N. The Morgan fingerprint density at radius 2 is 2.00 bits per heavy atom. The molecule has 2 N–H and O–H groups in total. The van der Waals surface area contributed by atoms with Crippen molar-refractivity contribution < 1.29 is 0 Å². The Kier molecular flexibility index (Phi) is 2.14. The Balaban J connectivity index is 2.65. The molecule has 0 amide bonds. The van der Waals surface area contributed by atoms with Gasteiger partial charge in [-0.1, -0.05) is 30.3 Å². The maximum Gasteiger partial charge on any atom is 0.140 e. The van der Waals surface area contributed by atoms with Crippen molar-refractivity contribution in [3.05, 3.63) is 35.9 Å². The second kappa shape index (κ2) is 3.46. The molecule has 0 unspecified atom stereocenters. The van der Waals surface area contributed by atoms with Crippen LogP contribution in [0.3, 0.4) is 0 Å². The van der Waals surface area contributed by atoms with E-state index in [4.69, 9.17) is 11.0 Å². The third kappa shape index (κ3) is 1.44. The fourth-order valence-corrected chi connectivity index (χ4v) is 1.45. The smallest absolute Gasteiger partial charge is 0.140 e. The van der Waals surface area contributed by atoms with E-state index in [1.807, 2.05) is 30.3 Å². The van der Waals surface area contributed by atoms with Gasteiger partial charge in [0, 0.05) is 12.6 Å². The lowest BCUT2D eigenvalue weighted by Gasteiger charge is -1.95. The molecule has 0 saturated carbocycles. The quantitative estimate of drug-likeness (QED) is 0.755. The van der Waals surface area contributed by atoms with Gasteiger partial charge in [-0.3, -0.25) is 4.68 Å². The van der Waals surface area contributed by atoms with Crippen LogP contribution >= 0.6 is 0 Å². The first kappa shape index (κ1) is 9.28. The van der Waals surface area contributed by atoms with Crippen molar-refractivity contribution in [3.63, 3.8) is 0 Å². The van der Waals surface area contributed by atoms with Crippen LogP contribution in [0.25, 0.3) is 11.3 Å². The summed E-state index contributed by atoms with van der Waals surface area (Å²) in [5, 5.41) is 13.2. The fourth-order valence-electron chi connectivity index (χ4n) is 1.45. The van der Waals surface area contributed by atoms with Gasteiger partial charge >= 0.3 is 0 Å². The maximum absolute atomic E-state index is 8.99. The van der Waals surface area contributed by atoms with Gasteiger partial charge in [0.15, 0.2) is 0 Å². The van der Waals surface area contributed by atoms with Crippen molar-refractivity contribution in [1.29, 1.82) is 5.26 Å². The summed E-state index contributed by atoms with van der Waals surface area (Å²) in [4.78, 5) is 0. The van der Waals surface area contributed by atoms with Crippen LogP contribution in [-0.4, -0.2) is 9.78 Å². The molecule has 0 aliphatic carbocycles. The molecule has 4 nitrogen and oxygen atoms in total. The van der Waals surface area contributed by atoms with E-state index >= 15 is 0 Å². The molecule has 2 rings (SSSR count). The van der Waals surface area contributed by atoms with Crippen LogP contribution in [0.4, 0.5) is 5.82 Å². The molecule has 2 aromatic rings. The molecular formula is C11H10N4. The number of nitrogens with two attached hydrogens (primary N) is 1. The lowest BCUT2D eigenvalue weighted by atomic mass is 10.1. The second-order valence-electron chi connectivity index (χ2n) is 3.21. The van der Waals surface area contributed by atoms with Crippen LogP contribution in [0, 0.1) is 11.3 Å². The number of nitrogen functional groups attached to an aromatic ring is 1. The predicted octanol–water partition coefficient (Wildman–Crippen LogP) is 1.54. The standard InChI is InChI=1S/C11H10N4/c1-15-11(13)9(7-12)10(14-15)8-5-3-2-4-6-8/h2-6H,13H2,1H3. The topological polar surface area (TPSA) is 67.6 Å². The summed E-state index contributed by atoms with van der Waals surface area (Å²) in [6.07, 6.45) is 0. The minimum absolute atomic E-state index is 0.399. The van der Waals surface area contributed by atoms with E-state index in [-0.39, 0.29) is 0 Å². The third-order valence-electron chi connectivity index (χ3n) is 2.25. The molecule has 1 aromatic carbocycles. The lowest BCUT2D eigenvalue weighted by molar-refractivity contribution is 0.782. The van der Waals surface area contributed by atoms with Gasteiger partial charge in [0.2, 0.25) is 0 Å².